The summed E-state index contributed by atoms with van der Waals surface area (Å²) in [4.78, 5) is 6.79. The van der Waals surface area contributed by atoms with Gasteiger partial charge >= 0.3 is 0 Å². The fourth-order valence-electron chi connectivity index (χ4n) is 2.70. The van der Waals surface area contributed by atoms with Gasteiger partial charge in [-0.1, -0.05) is 6.07 Å². The van der Waals surface area contributed by atoms with Crippen LogP contribution in [0, 0.1) is 11.7 Å². The number of guanidine groups is 1. The normalized spacial score (nSPS) is 15.0. The number of likely N-dealkylation sites (N-methyl/N-ethyl adjacent to an activating group) is 1. The molecule has 6 nitrogen and oxygen atoms in total. The van der Waals surface area contributed by atoms with Crippen molar-refractivity contribution in [1.29, 1.82) is 0 Å². The monoisotopic (exact) mass is 522 g/mol. The van der Waals surface area contributed by atoms with Crippen molar-refractivity contribution in [2.75, 3.05) is 53.6 Å². The number of aliphatic imine (C=N–C) groups is 1. The van der Waals surface area contributed by atoms with Crippen LogP contribution in [-0.4, -0.2) is 64.4 Å². The number of nitrogens with one attached hydrogen (secondary N) is 2. The number of hydrogen-bond donors (Lipinski definition) is 2. The molecule has 8 heteroatoms. The highest BCUT2D eigenvalue weighted by atomic mass is 127. The summed E-state index contributed by atoms with van der Waals surface area (Å²) in [5, 5.41) is 6.59. The van der Waals surface area contributed by atoms with E-state index in [0.717, 1.165) is 31.2 Å². The Kier molecular flexibility index (Phi) is 12.5. The summed E-state index contributed by atoms with van der Waals surface area (Å²) in [6.07, 6.45) is 2.38. The zero-order valence-electron chi connectivity index (χ0n) is 18.0. The number of hydrogen-bond acceptors (Lipinski definition) is 4. The average Bonchev–Trinajstić information content (AvgIpc) is 3.49. The van der Waals surface area contributed by atoms with Crippen molar-refractivity contribution in [2.45, 2.75) is 32.7 Å². The zero-order valence-corrected chi connectivity index (χ0v) is 20.4. The number of halogens is 2. The smallest absolute Gasteiger partial charge is 0.191 e. The molecule has 1 aliphatic rings. The van der Waals surface area contributed by atoms with Crippen LogP contribution in [0.25, 0.3) is 0 Å². The molecule has 1 atom stereocenters. The van der Waals surface area contributed by atoms with E-state index in [1.165, 1.54) is 12.8 Å². The minimum Gasteiger partial charge on any atom is -0.490 e. The quantitative estimate of drug-likeness (QED) is 0.250. The molecule has 1 saturated carbocycles. The van der Waals surface area contributed by atoms with Crippen molar-refractivity contribution in [3.63, 3.8) is 0 Å². The van der Waals surface area contributed by atoms with E-state index in [1.54, 1.807) is 19.2 Å². The SMILES string of the molecule is CCNC(=NCCN(C)CCOC)NC(C)c1ccc(OCC2CC2)c(F)c1.I. The van der Waals surface area contributed by atoms with E-state index in [1.807, 2.05) is 27.0 Å². The second-order valence-electron chi connectivity index (χ2n) is 7.37. The van der Waals surface area contributed by atoms with E-state index >= 15 is 0 Å². The van der Waals surface area contributed by atoms with Crippen LogP contribution in [0.3, 0.4) is 0 Å². The van der Waals surface area contributed by atoms with Gasteiger partial charge in [0, 0.05) is 26.7 Å². The van der Waals surface area contributed by atoms with Gasteiger partial charge in [0.1, 0.15) is 0 Å². The fraction of sp³-hybridized carbons (Fsp3) is 0.667. The number of rotatable bonds is 12. The van der Waals surface area contributed by atoms with Crippen molar-refractivity contribution in [3.8, 4) is 5.75 Å². The van der Waals surface area contributed by atoms with Crippen LogP contribution in [-0.2, 0) is 4.74 Å². The van der Waals surface area contributed by atoms with Gasteiger partial charge in [0.25, 0.3) is 0 Å². The predicted molar refractivity (Wildman–Crippen MR) is 127 cm³/mol. The Bertz CT molecular complexity index is 629. The Hall–Kier alpha value is -1.13. The predicted octanol–water partition coefficient (Wildman–Crippen LogP) is 3.43. The molecule has 29 heavy (non-hydrogen) atoms. The number of ether oxygens (including phenoxy) is 2. The topological polar surface area (TPSA) is 58.1 Å². The van der Waals surface area contributed by atoms with E-state index in [-0.39, 0.29) is 35.8 Å². The summed E-state index contributed by atoms with van der Waals surface area (Å²) < 4.78 is 25.0. The maximum atomic E-state index is 14.3. The first kappa shape index (κ1) is 25.9. The third-order valence-corrected chi connectivity index (χ3v) is 4.75. The first-order valence-corrected chi connectivity index (χ1v) is 10.2. The molecule has 0 heterocycles. The summed E-state index contributed by atoms with van der Waals surface area (Å²) >= 11 is 0. The zero-order chi connectivity index (χ0) is 20.4. The lowest BCUT2D eigenvalue weighted by Crippen LogP contribution is -2.39. The third-order valence-electron chi connectivity index (χ3n) is 4.75. The van der Waals surface area contributed by atoms with Crippen molar-refractivity contribution >= 4 is 29.9 Å². The third kappa shape index (κ3) is 9.95. The molecular weight excluding hydrogens is 486 g/mol. The van der Waals surface area contributed by atoms with Gasteiger partial charge in [0.05, 0.1) is 25.8 Å². The Morgan fingerprint density at radius 3 is 2.72 bits per heavy atom. The Morgan fingerprint density at radius 2 is 2.10 bits per heavy atom. The lowest BCUT2D eigenvalue weighted by atomic mass is 10.1. The first-order valence-electron chi connectivity index (χ1n) is 10.2. The van der Waals surface area contributed by atoms with Gasteiger partial charge in [-0.2, -0.15) is 0 Å². The van der Waals surface area contributed by atoms with Crippen molar-refractivity contribution in [1.82, 2.24) is 15.5 Å². The summed E-state index contributed by atoms with van der Waals surface area (Å²) in [6.45, 7) is 8.50. The summed E-state index contributed by atoms with van der Waals surface area (Å²) in [6, 6.07) is 5.10. The molecular formula is C21H36FIN4O2. The highest BCUT2D eigenvalue weighted by Crippen LogP contribution is 2.30. The van der Waals surface area contributed by atoms with Crippen molar-refractivity contribution in [3.05, 3.63) is 29.6 Å². The Labute approximate surface area is 191 Å². The highest BCUT2D eigenvalue weighted by Gasteiger charge is 2.22. The molecule has 1 unspecified atom stereocenters. The van der Waals surface area contributed by atoms with Gasteiger partial charge in [-0.3, -0.25) is 4.99 Å². The van der Waals surface area contributed by atoms with Gasteiger partial charge in [-0.25, -0.2) is 4.39 Å². The molecule has 0 radical (unpaired) electrons. The van der Waals surface area contributed by atoms with Crippen LogP contribution in [0.4, 0.5) is 4.39 Å². The maximum Gasteiger partial charge on any atom is 0.191 e. The second-order valence-corrected chi connectivity index (χ2v) is 7.37. The van der Waals surface area contributed by atoms with E-state index in [2.05, 4.69) is 20.5 Å². The van der Waals surface area contributed by atoms with E-state index in [4.69, 9.17) is 9.47 Å². The van der Waals surface area contributed by atoms with Gasteiger partial charge in [-0.05, 0) is 57.4 Å². The molecule has 2 rings (SSSR count). The van der Waals surface area contributed by atoms with Crippen LogP contribution in [0.2, 0.25) is 0 Å². The molecule has 2 N–H and O–H groups in total. The first-order chi connectivity index (χ1) is 13.5. The maximum absolute atomic E-state index is 14.3. The van der Waals surface area contributed by atoms with Crippen LogP contribution in [0.15, 0.2) is 23.2 Å². The highest BCUT2D eigenvalue weighted by molar-refractivity contribution is 14.0. The van der Waals surface area contributed by atoms with Gasteiger partial charge in [0.15, 0.2) is 17.5 Å². The lowest BCUT2D eigenvalue weighted by molar-refractivity contribution is 0.163. The van der Waals surface area contributed by atoms with Gasteiger partial charge in [0.2, 0.25) is 0 Å². The molecule has 1 aromatic rings. The molecule has 166 valence electrons. The molecule has 0 aliphatic heterocycles. The minimum absolute atomic E-state index is 0. The second kappa shape index (κ2) is 14.0. The van der Waals surface area contributed by atoms with Gasteiger partial charge in [-0.15, -0.1) is 24.0 Å². The van der Waals surface area contributed by atoms with Crippen LogP contribution in [0.1, 0.15) is 38.3 Å². The number of benzene rings is 1. The van der Waals surface area contributed by atoms with E-state index < -0.39 is 0 Å². The summed E-state index contributed by atoms with van der Waals surface area (Å²) in [5.74, 6) is 1.35. The van der Waals surface area contributed by atoms with Crippen molar-refractivity contribution < 1.29 is 13.9 Å². The Balaban J connectivity index is 0.00000420. The lowest BCUT2D eigenvalue weighted by Gasteiger charge is -2.20. The molecule has 0 saturated heterocycles. The van der Waals surface area contributed by atoms with Crippen LogP contribution < -0.4 is 15.4 Å². The van der Waals surface area contributed by atoms with E-state index in [9.17, 15) is 4.39 Å². The summed E-state index contributed by atoms with van der Waals surface area (Å²) in [7, 11) is 3.75. The molecule has 1 fully saturated rings. The number of nitrogens with zero attached hydrogens (tertiary/aromatic N) is 2. The Morgan fingerprint density at radius 1 is 1.34 bits per heavy atom. The summed E-state index contributed by atoms with van der Waals surface area (Å²) in [5.41, 5.74) is 0.860. The van der Waals surface area contributed by atoms with Crippen LogP contribution in [0.5, 0.6) is 5.75 Å². The fourth-order valence-corrected chi connectivity index (χ4v) is 2.70. The molecule has 0 bridgehead atoms. The number of methoxy groups -OCH3 is 1. The van der Waals surface area contributed by atoms with Crippen LogP contribution >= 0.6 is 24.0 Å². The average molecular weight is 522 g/mol. The minimum atomic E-state index is -0.312. The largest absolute Gasteiger partial charge is 0.490 e. The van der Waals surface area contributed by atoms with Gasteiger partial charge < -0.3 is 25.0 Å². The van der Waals surface area contributed by atoms with E-state index in [0.29, 0.717) is 31.4 Å². The van der Waals surface area contributed by atoms with Crippen molar-refractivity contribution in [2.24, 2.45) is 10.9 Å². The molecule has 1 aliphatic carbocycles. The molecule has 0 spiro atoms. The molecule has 1 aromatic carbocycles. The molecule has 0 amide bonds. The standard InChI is InChI=1S/C21H35FN4O2.HI/c1-5-23-21(24-10-11-26(3)12-13-27-4)25-16(2)18-8-9-20(19(22)14-18)28-15-17-6-7-17;/h8-9,14,16-17H,5-7,10-13,15H2,1-4H3,(H2,23,24,25);1H. The molecule has 0 aromatic heterocycles.